The van der Waals surface area contributed by atoms with Gasteiger partial charge < -0.3 is 15.0 Å². The summed E-state index contributed by atoms with van der Waals surface area (Å²) in [5, 5.41) is 14.3. The summed E-state index contributed by atoms with van der Waals surface area (Å²) in [4.78, 5) is 24.4. The standard InChI is InChI=1S/C14H19N3O4/c1-9(2)21-12-6-4-5-10(13(12)17(19)20)15-11-7-8-16(3)14(11)18/h4-6,9,11,15H,7-8H2,1-3H3. The van der Waals surface area contributed by atoms with Crippen LogP contribution in [0, 0.1) is 10.1 Å². The van der Waals surface area contributed by atoms with Gasteiger partial charge in [-0.2, -0.15) is 0 Å². The second-order valence-corrected chi connectivity index (χ2v) is 5.32. The van der Waals surface area contributed by atoms with Crippen LogP contribution < -0.4 is 10.1 Å². The maximum absolute atomic E-state index is 11.9. The van der Waals surface area contributed by atoms with Crippen molar-refractivity contribution in [2.75, 3.05) is 18.9 Å². The van der Waals surface area contributed by atoms with Gasteiger partial charge >= 0.3 is 5.69 Å². The van der Waals surface area contributed by atoms with Gasteiger partial charge in [0, 0.05) is 13.6 Å². The fraction of sp³-hybridized carbons (Fsp3) is 0.500. The number of nitrogens with one attached hydrogen (secondary N) is 1. The topological polar surface area (TPSA) is 84.7 Å². The smallest absolute Gasteiger partial charge is 0.333 e. The second kappa shape index (κ2) is 5.99. The van der Waals surface area contributed by atoms with Gasteiger partial charge in [0.1, 0.15) is 11.7 Å². The third-order valence-corrected chi connectivity index (χ3v) is 3.30. The number of amides is 1. The summed E-state index contributed by atoms with van der Waals surface area (Å²) in [5.41, 5.74) is 0.181. The summed E-state index contributed by atoms with van der Waals surface area (Å²) >= 11 is 0. The van der Waals surface area contributed by atoms with E-state index in [2.05, 4.69) is 5.32 Å². The van der Waals surface area contributed by atoms with E-state index < -0.39 is 11.0 Å². The van der Waals surface area contributed by atoms with Crippen LogP contribution in [0.1, 0.15) is 20.3 Å². The minimum absolute atomic E-state index is 0.0560. The summed E-state index contributed by atoms with van der Waals surface area (Å²) in [6.07, 6.45) is 0.458. The molecular weight excluding hydrogens is 274 g/mol. The van der Waals surface area contributed by atoms with E-state index in [0.29, 0.717) is 18.7 Å². The number of hydrogen-bond donors (Lipinski definition) is 1. The van der Waals surface area contributed by atoms with Crippen molar-refractivity contribution in [3.05, 3.63) is 28.3 Å². The molecule has 1 aliphatic heterocycles. The molecule has 7 heteroatoms. The Morgan fingerprint density at radius 3 is 2.71 bits per heavy atom. The average Bonchev–Trinajstić information content (AvgIpc) is 2.70. The first kappa shape index (κ1) is 15.1. The predicted molar refractivity (Wildman–Crippen MR) is 78.5 cm³/mol. The molecule has 1 aromatic carbocycles. The highest BCUT2D eigenvalue weighted by molar-refractivity contribution is 5.87. The number of ether oxygens (including phenoxy) is 1. The third-order valence-electron chi connectivity index (χ3n) is 3.30. The molecular formula is C14H19N3O4. The summed E-state index contributed by atoms with van der Waals surface area (Å²) < 4.78 is 5.48. The molecule has 1 fully saturated rings. The molecule has 0 radical (unpaired) electrons. The van der Waals surface area contributed by atoms with Crippen LogP contribution in [0.5, 0.6) is 5.75 Å². The van der Waals surface area contributed by atoms with E-state index in [0.717, 1.165) is 0 Å². The van der Waals surface area contributed by atoms with Gasteiger partial charge in [0.2, 0.25) is 5.91 Å². The fourth-order valence-corrected chi connectivity index (χ4v) is 2.32. The molecule has 1 saturated heterocycles. The number of carbonyl (C=O) groups excluding carboxylic acids is 1. The van der Waals surface area contributed by atoms with Gasteiger partial charge in [0.05, 0.1) is 11.0 Å². The van der Waals surface area contributed by atoms with Gasteiger partial charge in [-0.25, -0.2) is 0 Å². The molecule has 0 aliphatic carbocycles. The summed E-state index contributed by atoms with van der Waals surface area (Å²) in [6.45, 7) is 4.26. The normalized spacial score (nSPS) is 18.2. The van der Waals surface area contributed by atoms with E-state index in [4.69, 9.17) is 4.74 Å². The van der Waals surface area contributed by atoms with Crippen LogP contribution in [0.15, 0.2) is 18.2 Å². The number of likely N-dealkylation sites (N-methyl/N-ethyl adjacent to an activating group) is 1. The van der Waals surface area contributed by atoms with E-state index in [9.17, 15) is 14.9 Å². The first-order valence-corrected chi connectivity index (χ1v) is 6.85. The molecule has 1 atom stereocenters. The van der Waals surface area contributed by atoms with Crippen molar-refractivity contribution in [1.82, 2.24) is 4.90 Å². The number of rotatable bonds is 5. The van der Waals surface area contributed by atoms with Crippen LogP contribution in [0.4, 0.5) is 11.4 Å². The van der Waals surface area contributed by atoms with Crippen molar-refractivity contribution in [2.24, 2.45) is 0 Å². The Kier molecular flexibility index (Phi) is 4.30. The van der Waals surface area contributed by atoms with Gasteiger partial charge in [0.25, 0.3) is 0 Å². The van der Waals surface area contributed by atoms with Crippen LogP contribution in [0.2, 0.25) is 0 Å². The average molecular weight is 293 g/mol. The van der Waals surface area contributed by atoms with Gasteiger partial charge in [-0.15, -0.1) is 0 Å². The number of nitro benzene ring substituents is 1. The second-order valence-electron chi connectivity index (χ2n) is 5.32. The van der Waals surface area contributed by atoms with Crippen molar-refractivity contribution in [2.45, 2.75) is 32.4 Å². The molecule has 0 spiro atoms. The van der Waals surface area contributed by atoms with Crippen LogP contribution >= 0.6 is 0 Å². The van der Waals surface area contributed by atoms with Crippen molar-refractivity contribution in [1.29, 1.82) is 0 Å². The maximum Gasteiger partial charge on any atom is 0.333 e. The van der Waals surface area contributed by atoms with Crippen LogP contribution in [-0.4, -0.2) is 41.5 Å². The molecule has 21 heavy (non-hydrogen) atoms. The van der Waals surface area contributed by atoms with Crippen molar-refractivity contribution >= 4 is 17.3 Å². The first-order valence-electron chi connectivity index (χ1n) is 6.85. The zero-order valence-corrected chi connectivity index (χ0v) is 12.3. The molecule has 0 bridgehead atoms. The monoisotopic (exact) mass is 293 g/mol. The molecule has 2 rings (SSSR count). The molecule has 1 aliphatic rings. The number of nitro groups is 1. The number of nitrogens with zero attached hydrogens (tertiary/aromatic N) is 2. The Bertz CT molecular complexity index is 559. The lowest BCUT2D eigenvalue weighted by molar-refractivity contribution is -0.385. The largest absolute Gasteiger partial charge is 0.484 e. The molecule has 114 valence electrons. The number of para-hydroxylation sites is 1. The molecule has 1 heterocycles. The number of carbonyl (C=O) groups is 1. The Morgan fingerprint density at radius 1 is 1.48 bits per heavy atom. The molecule has 0 aromatic heterocycles. The summed E-state index contributed by atoms with van der Waals surface area (Å²) in [7, 11) is 1.72. The highest BCUT2D eigenvalue weighted by Gasteiger charge is 2.31. The van der Waals surface area contributed by atoms with Gasteiger partial charge in [-0.3, -0.25) is 14.9 Å². The van der Waals surface area contributed by atoms with E-state index in [1.165, 1.54) is 0 Å². The predicted octanol–water partition coefficient (Wildman–Crippen LogP) is 2.02. The lowest BCUT2D eigenvalue weighted by Crippen LogP contribution is -2.31. The van der Waals surface area contributed by atoms with Crippen molar-refractivity contribution in [3.8, 4) is 5.75 Å². The summed E-state index contributed by atoms with van der Waals surface area (Å²) in [5.74, 6) is 0.151. The Labute approximate surface area is 123 Å². The lowest BCUT2D eigenvalue weighted by Gasteiger charge is -2.16. The first-order chi connectivity index (χ1) is 9.90. The highest BCUT2D eigenvalue weighted by Crippen LogP contribution is 2.36. The van der Waals surface area contributed by atoms with Crippen molar-refractivity contribution in [3.63, 3.8) is 0 Å². The van der Waals surface area contributed by atoms with Gasteiger partial charge in [0.15, 0.2) is 5.75 Å². The number of likely N-dealkylation sites (tertiary alicyclic amines) is 1. The van der Waals surface area contributed by atoms with Gasteiger partial charge in [-0.1, -0.05) is 6.07 Å². The van der Waals surface area contributed by atoms with E-state index in [-0.39, 0.29) is 23.4 Å². The van der Waals surface area contributed by atoms with E-state index >= 15 is 0 Å². The highest BCUT2D eigenvalue weighted by atomic mass is 16.6. The van der Waals surface area contributed by atoms with Crippen molar-refractivity contribution < 1.29 is 14.5 Å². The fourth-order valence-electron chi connectivity index (χ4n) is 2.32. The molecule has 1 aromatic rings. The minimum Gasteiger partial charge on any atom is -0.484 e. The zero-order chi connectivity index (χ0) is 15.6. The Hall–Kier alpha value is -2.31. The number of benzene rings is 1. The quantitative estimate of drug-likeness (QED) is 0.663. The van der Waals surface area contributed by atoms with Crippen LogP contribution in [0.3, 0.4) is 0 Å². The Balaban J connectivity index is 2.30. The molecule has 7 nitrogen and oxygen atoms in total. The minimum atomic E-state index is -0.483. The molecule has 1 unspecified atom stereocenters. The summed E-state index contributed by atoms with van der Waals surface area (Å²) in [6, 6.07) is 4.40. The lowest BCUT2D eigenvalue weighted by atomic mass is 10.2. The number of anilines is 1. The molecule has 1 N–H and O–H groups in total. The zero-order valence-electron chi connectivity index (χ0n) is 12.3. The molecule has 1 amide bonds. The molecule has 0 saturated carbocycles. The van der Waals surface area contributed by atoms with Crippen LogP contribution in [-0.2, 0) is 4.79 Å². The maximum atomic E-state index is 11.9. The Morgan fingerprint density at radius 2 is 2.19 bits per heavy atom. The van der Waals surface area contributed by atoms with Crippen LogP contribution in [0.25, 0.3) is 0 Å². The van der Waals surface area contributed by atoms with E-state index in [1.807, 2.05) is 0 Å². The van der Waals surface area contributed by atoms with E-state index in [1.54, 1.807) is 44.0 Å². The third kappa shape index (κ3) is 3.24. The van der Waals surface area contributed by atoms with Gasteiger partial charge in [-0.05, 0) is 32.4 Å². The number of hydrogen-bond acceptors (Lipinski definition) is 5. The SMILES string of the molecule is CC(C)Oc1cccc(NC2CCN(C)C2=O)c1[N+](=O)[O-].